The predicted molar refractivity (Wildman–Crippen MR) is 100 cm³/mol. The van der Waals surface area contributed by atoms with Gasteiger partial charge < -0.3 is 9.72 Å². The van der Waals surface area contributed by atoms with Crippen molar-refractivity contribution < 1.29 is 14.3 Å². The number of carbonyl (C=O) groups excluding carboxylic acids is 2. The summed E-state index contributed by atoms with van der Waals surface area (Å²) in [5, 5.41) is 5.13. The van der Waals surface area contributed by atoms with E-state index in [9.17, 15) is 9.59 Å². The number of carbonyl (C=O) groups is 2. The average molecular weight is 351 g/mol. The van der Waals surface area contributed by atoms with Crippen molar-refractivity contribution >= 4 is 28.7 Å². The van der Waals surface area contributed by atoms with Crippen LogP contribution in [0.15, 0.2) is 30.3 Å². The number of rotatable bonds is 5. The number of ketones is 1. The lowest BCUT2D eigenvalue weighted by Gasteiger charge is -2.02. The van der Waals surface area contributed by atoms with Crippen LogP contribution in [0.1, 0.15) is 33.0 Å². The quantitative estimate of drug-likeness (QED) is 0.435. The topological polar surface area (TPSA) is 77.0 Å². The van der Waals surface area contributed by atoms with Crippen LogP contribution in [0.4, 0.5) is 0 Å². The van der Waals surface area contributed by atoms with Gasteiger partial charge in [0, 0.05) is 46.5 Å². The molecule has 2 heterocycles. The SMILES string of the molecule is Cc1nn(C)c(C)c1/C=C/C(=O)OCC(=O)c1c(C)[nH]c2ccccc12. The van der Waals surface area contributed by atoms with Crippen LogP contribution < -0.4 is 0 Å². The largest absolute Gasteiger partial charge is 0.454 e. The minimum atomic E-state index is -0.557. The van der Waals surface area contributed by atoms with Crippen molar-refractivity contribution in [2.75, 3.05) is 6.61 Å². The van der Waals surface area contributed by atoms with Gasteiger partial charge in [-0.3, -0.25) is 9.48 Å². The number of nitrogens with one attached hydrogen (secondary N) is 1. The second-order valence-electron chi connectivity index (χ2n) is 6.24. The van der Waals surface area contributed by atoms with Crippen molar-refractivity contribution in [3.63, 3.8) is 0 Å². The summed E-state index contributed by atoms with van der Waals surface area (Å²) >= 11 is 0. The van der Waals surface area contributed by atoms with Gasteiger partial charge in [0.25, 0.3) is 0 Å². The van der Waals surface area contributed by atoms with Crippen LogP contribution in [-0.2, 0) is 16.6 Å². The lowest BCUT2D eigenvalue weighted by atomic mass is 10.1. The van der Waals surface area contributed by atoms with E-state index < -0.39 is 5.97 Å². The number of fused-ring (bicyclic) bond motifs is 1. The summed E-state index contributed by atoms with van der Waals surface area (Å²) in [5.74, 6) is -0.783. The number of esters is 1. The van der Waals surface area contributed by atoms with Crippen LogP contribution in [0, 0.1) is 20.8 Å². The monoisotopic (exact) mass is 351 g/mol. The lowest BCUT2D eigenvalue weighted by molar-refractivity contribution is -0.136. The molecule has 0 radical (unpaired) electrons. The number of nitrogens with zero attached hydrogens (tertiary/aromatic N) is 2. The highest BCUT2D eigenvalue weighted by Crippen LogP contribution is 2.22. The van der Waals surface area contributed by atoms with Gasteiger partial charge in [0.2, 0.25) is 5.78 Å². The molecule has 0 saturated carbocycles. The molecule has 6 heteroatoms. The molecule has 3 aromatic rings. The molecule has 2 aromatic heterocycles. The van der Waals surface area contributed by atoms with Gasteiger partial charge in [0.15, 0.2) is 6.61 Å². The van der Waals surface area contributed by atoms with Gasteiger partial charge in [0.1, 0.15) is 0 Å². The third kappa shape index (κ3) is 3.31. The van der Waals surface area contributed by atoms with E-state index in [1.54, 1.807) is 10.8 Å². The molecule has 0 saturated heterocycles. The van der Waals surface area contributed by atoms with Crippen molar-refractivity contribution in [1.82, 2.24) is 14.8 Å². The van der Waals surface area contributed by atoms with Crippen LogP contribution in [0.2, 0.25) is 0 Å². The number of para-hydroxylation sites is 1. The van der Waals surface area contributed by atoms with E-state index in [1.165, 1.54) is 6.08 Å². The molecule has 0 aliphatic heterocycles. The summed E-state index contributed by atoms with van der Waals surface area (Å²) in [7, 11) is 1.85. The molecule has 0 atom stereocenters. The minimum absolute atomic E-state index is 0.226. The number of aromatic amines is 1. The third-order valence-electron chi connectivity index (χ3n) is 4.47. The van der Waals surface area contributed by atoms with Gasteiger partial charge in [-0.05, 0) is 32.9 Å². The Kier molecular flexibility index (Phi) is 4.75. The molecular weight excluding hydrogens is 330 g/mol. The van der Waals surface area contributed by atoms with Gasteiger partial charge >= 0.3 is 5.97 Å². The van der Waals surface area contributed by atoms with Crippen molar-refractivity contribution in [2.24, 2.45) is 7.05 Å². The molecule has 6 nitrogen and oxygen atoms in total. The first-order valence-electron chi connectivity index (χ1n) is 8.34. The number of H-pyrrole nitrogens is 1. The Bertz CT molecular complexity index is 1020. The van der Waals surface area contributed by atoms with E-state index in [-0.39, 0.29) is 12.4 Å². The first-order chi connectivity index (χ1) is 12.4. The number of hydrogen-bond donors (Lipinski definition) is 1. The fraction of sp³-hybridized carbons (Fsp3) is 0.250. The molecule has 26 heavy (non-hydrogen) atoms. The second-order valence-corrected chi connectivity index (χ2v) is 6.24. The molecule has 0 bridgehead atoms. The maximum absolute atomic E-state index is 12.5. The number of benzene rings is 1. The molecule has 3 rings (SSSR count). The highest BCUT2D eigenvalue weighted by molar-refractivity contribution is 6.10. The first-order valence-corrected chi connectivity index (χ1v) is 8.34. The Hall–Kier alpha value is -3.15. The van der Waals surface area contributed by atoms with Crippen molar-refractivity contribution in [2.45, 2.75) is 20.8 Å². The number of aromatic nitrogens is 3. The van der Waals surface area contributed by atoms with E-state index in [0.29, 0.717) is 5.56 Å². The van der Waals surface area contributed by atoms with Gasteiger partial charge in [-0.25, -0.2) is 4.79 Å². The highest BCUT2D eigenvalue weighted by Gasteiger charge is 2.17. The molecule has 0 fully saturated rings. The molecule has 0 spiro atoms. The highest BCUT2D eigenvalue weighted by atomic mass is 16.5. The Morgan fingerprint density at radius 3 is 2.65 bits per heavy atom. The molecule has 0 aliphatic rings. The normalized spacial score (nSPS) is 11.4. The first kappa shape index (κ1) is 17.7. The van der Waals surface area contributed by atoms with Gasteiger partial charge in [-0.2, -0.15) is 5.10 Å². The number of hydrogen-bond acceptors (Lipinski definition) is 4. The summed E-state index contributed by atoms with van der Waals surface area (Å²) in [5.41, 5.74) is 4.89. The van der Waals surface area contributed by atoms with E-state index in [2.05, 4.69) is 10.1 Å². The Morgan fingerprint density at radius 1 is 1.23 bits per heavy atom. The third-order valence-corrected chi connectivity index (χ3v) is 4.47. The maximum Gasteiger partial charge on any atom is 0.331 e. The molecule has 0 unspecified atom stereocenters. The van der Waals surface area contributed by atoms with Crippen molar-refractivity contribution in [3.8, 4) is 0 Å². The minimum Gasteiger partial charge on any atom is -0.454 e. The molecule has 0 aliphatic carbocycles. The standard InChI is InChI=1S/C20H21N3O3/c1-12-15(14(3)23(4)22-12)9-10-19(25)26-11-18(24)20-13(2)21-17-8-6-5-7-16(17)20/h5-10,21H,11H2,1-4H3/b10-9+. The van der Waals surface area contributed by atoms with Crippen LogP contribution in [0.3, 0.4) is 0 Å². The molecule has 0 amide bonds. The van der Waals surface area contributed by atoms with Crippen LogP contribution in [0.25, 0.3) is 17.0 Å². The molecular formula is C20H21N3O3. The Morgan fingerprint density at radius 2 is 1.96 bits per heavy atom. The van der Waals surface area contributed by atoms with Crippen LogP contribution in [0.5, 0.6) is 0 Å². The summed E-state index contributed by atoms with van der Waals surface area (Å²) in [6, 6.07) is 7.56. The number of aryl methyl sites for hydroxylation is 3. The fourth-order valence-corrected chi connectivity index (χ4v) is 3.08. The van der Waals surface area contributed by atoms with Gasteiger partial charge in [-0.15, -0.1) is 0 Å². The summed E-state index contributed by atoms with van der Waals surface area (Å²) < 4.78 is 6.88. The fourth-order valence-electron chi connectivity index (χ4n) is 3.08. The predicted octanol–water partition coefficient (Wildman–Crippen LogP) is 3.27. The smallest absolute Gasteiger partial charge is 0.331 e. The Balaban J connectivity index is 1.68. The summed E-state index contributed by atoms with van der Waals surface area (Å²) in [6.45, 7) is 5.34. The Labute approximate surface area is 151 Å². The van der Waals surface area contributed by atoms with E-state index in [4.69, 9.17) is 4.74 Å². The van der Waals surface area contributed by atoms with E-state index >= 15 is 0 Å². The van der Waals surface area contributed by atoms with Gasteiger partial charge in [0.05, 0.1) is 5.69 Å². The van der Waals surface area contributed by atoms with Crippen LogP contribution >= 0.6 is 0 Å². The second kappa shape index (κ2) is 7.00. The van der Waals surface area contributed by atoms with Crippen molar-refractivity contribution in [1.29, 1.82) is 0 Å². The van der Waals surface area contributed by atoms with E-state index in [0.717, 1.165) is 33.5 Å². The van der Waals surface area contributed by atoms with Crippen LogP contribution in [-0.4, -0.2) is 33.1 Å². The number of Topliss-reactive ketones (excluding diaryl/α,β-unsaturated/α-hetero) is 1. The lowest BCUT2D eigenvalue weighted by Crippen LogP contribution is -2.13. The maximum atomic E-state index is 12.5. The average Bonchev–Trinajstić information content (AvgIpc) is 3.06. The van der Waals surface area contributed by atoms with Crippen molar-refractivity contribution in [3.05, 3.63) is 58.6 Å². The zero-order chi connectivity index (χ0) is 18.8. The molecule has 1 aromatic carbocycles. The summed E-state index contributed by atoms with van der Waals surface area (Å²) in [6.07, 6.45) is 2.99. The summed E-state index contributed by atoms with van der Waals surface area (Å²) in [4.78, 5) is 27.6. The number of ether oxygens (including phenoxy) is 1. The zero-order valence-corrected chi connectivity index (χ0v) is 15.3. The van der Waals surface area contributed by atoms with Gasteiger partial charge in [-0.1, -0.05) is 18.2 Å². The molecule has 1 N–H and O–H groups in total. The van der Waals surface area contributed by atoms with E-state index in [1.807, 2.05) is 52.1 Å². The molecule has 134 valence electrons. The zero-order valence-electron chi connectivity index (χ0n) is 15.3.